The number of hydrazone groups is 1. The highest BCUT2D eigenvalue weighted by Crippen LogP contribution is 2.27. The summed E-state index contributed by atoms with van der Waals surface area (Å²) in [6, 6.07) is 5.87. The second-order valence-electron chi connectivity index (χ2n) is 4.84. The largest absolute Gasteiger partial charge is 0.493 e. The minimum Gasteiger partial charge on any atom is -0.493 e. The number of piperazine rings is 1. The molecule has 0 bridgehead atoms. The summed E-state index contributed by atoms with van der Waals surface area (Å²) in [5.41, 5.74) is 1.02. The van der Waals surface area contributed by atoms with E-state index in [9.17, 15) is 0 Å². The molecular formula is C15H23N3O2. The number of nitrogens with zero attached hydrogens (tertiary/aromatic N) is 3. The fourth-order valence-corrected chi connectivity index (χ4v) is 2.10. The molecule has 5 nitrogen and oxygen atoms in total. The zero-order valence-electron chi connectivity index (χ0n) is 12.5. The molecule has 0 spiro atoms. The van der Waals surface area contributed by atoms with Gasteiger partial charge < -0.3 is 14.4 Å². The molecule has 0 N–H and O–H groups in total. The van der Waals surface area contributed by atoms with Crippen molar-refractivity contribution in [3.05, 3.63) is 23.8 Å². The molecule has 0 amide bonds. The van der Waals surface area contributed by atoms with E-state index in [2.05, 4.69) is 22.1 Å². The number of rotatable bonds is 5. The van der Waals surface area contributed by atoms with Crippen LogP contribution in [0.3, 0.4) is 0 Å². The first-order valence-corrected chi connectivity index (χ1v) is 7.01. The topological polar surface area (TPSA) is 37.3 Å². The number of methoxy groups -OCH3 is 1. The highest BCUT2D eigenvalue weighted by atomic mass is 16.5. The van der Waals surface area contributed by atoms with E-state index in [1.807, 2.05) is 31.3 Å². The van der Waals surface area contributed by atoms with Gasteiger partial charge in [-0.2, -0.15) is 5.10 Å². The molecule has 2 rings (SSSR count). The molecule has 0 aromatic heterocycles. The van der Waals surface area contributed by atoms with Gasteiger partial charge in [-0.1, -0.05) is 0 Å². The minimum absolute atomic E-state index is 0.630. The van der Waals surface area contributed by atoms with Gasteiger partial charge in [-0.3, -0.25) is 5.01 Å². The Hall–Kier alpha value is -1.75. The lowest BCUT2D eigenvalue weighted by molar-refractivity contribution is 0.159. The monoisotopic (exact) mass is 277 g/mol. The smallest absolute Gasteiger partial charge is 0.161 e. The molecule has 1 aromatic carbocycles. The second-order valence-corrected chi connectivity index (χ2v) is 4.84. The predicted octanol–water partition coefficient (Wildman–Crippen LogP) is 1.68. The summed E-state index contributed by atoms with van der Waals surface area (Å²) >= 11 is 0. The molecule has 1 aliphatic heterocycles. The number of hydrogen-bond acceptors (Lipinski definition) is 5. The maximum absolute atomic E-state index is 5.50. The van der Waals surface area contributed by atoms with Crippen molar-refractivity contribution in [3.8, 4) is 11.5 Å². The van der Waals surface area contributed by atoms with Gasteiger partial charge in [-0.15, -0.1) is 0 Å². The Balaban J connectivity index is 2.02. The van der Waals surface area contributed by atoms with Gasteiger partial charge in [0.15, 0.2) is 11.5 Å². The molecule has 1 aliphatic rings. The highest BCUT2D eigenvalue weighted by molar-refractivity contribution is 5.80. The first-order valence-electron chi connectivity index (χ1n) is 7.01. The zero-order chi connectivity index (χ0) is 14.4. The van der Waals surface area contributed by atoms with Gasteiger partial charge in [-0.05, 0) is 37.7 Å². The van der Waals surface area contributed by atoms with Crippen LogP contribution in [0.2, 0.25) is 0 Å². The summed E-state index contributed by atoms with van der Waals surface area (Å²) in [4.78, 5) is 2.31. The molecule has 0 atom stereocenters. The van der Waals surface area contributed by atoms with Crippen molar-refractivity contribution < 1.29 is 9.47 Å². The molecular weight excluding hydrogens is 254 g/mol. The Bertz CT molecular complexity index is 454. The molecule has 5 heteroatoms. The van der Waals surface area contributed by atoms with Crippen LogP contribution in [0, 0.1) is 0 Å². The molecule has 0 saturated carbocycles. The molecule has 1 saturated heterocycles. The Kier molecular flexibility index (Phi) is 5.24. The normalized spacial score (nSPS) is 16.6. The number of likely N-dealkylation sites (N-methyl/N-ethyl adjacent to an activating group) is 1. The Morgan fingerprint density at radius 2 is 1.95 bits per heavy atom. The fraction of sp³-hybridized carbons (Fsp3) is 0.533. The lowest BCUT2D eigenvalue weighted by Gasteiger charge is -2.30. The summed E-state index contributed by atoms with van der Waals surface area (Å²) in [6.07, 6.45) is 1.88. The summed E-state index contributed by atoms with van der Waals surface area (Å²) in [6.45, 7) is 6.66. The third-order valence-corrected chi connectivity index (χ3v) is 3.34. The van der Waals surface area contributed by atoms with Gasteiger partial charge in [0.1, 0.15) is 0 Å². The van der Waals surface area contributed by atoms with Crippen LogP contribution < -0.4 is 9.47 Å². The van der Waals surface area contributed by atoms with E-state index in [-0.39, 0.29) is 0 Å². The van der Waals surface area contributed by atoms with Crippen molar-refractivity contribution in [2.75, 3.05) is 46.9 Å². The third-order valence-electron chi connectivity index (χ3n) is 3.34. The van der Waals surface area contributed by atoms with Crippen LogP contribution in [0.25, 0.3) is 0 Å². The van der Waals surface area contributed by atoms with Crippen molar-refractivity contribution >= 4 is 6.21 Å². The molecule has 0 radical (unpaired) electrons. The quantitative estimate of drug-likeness (QED) is 0.767. The number of benzene rings is 1. The van der Waals surface area contributed by atoms with E-state index in [4.69, 9.17) is 9.47 Å². The van der Waals surface area contributed by atoms with Crippen LogP contribution in [-0.2, 0) is 0 Å². The lowest BCUT2D eigenvalue weighted by atomic mass is 10.2. The van der Waals surface area contributed by atoms with Crippen molar-refractivity contribution in [3.63, 3.8) is 0 Å². The standard InChI is InChI=1S/C15H23N3O2/c1-4-20-14-6-5-13(11-15(14)19-3)12-16-18-9-7-17(2)8-10-18/h5-6,11-12H,4,7-10H2,1-3H3. The lowest BCUT2D eigenvalue weighted by Crippen LogP contribution is -2.41. The molecule has 110 valence electrons. The maximum atomic E-state index is 5.50. The average Bonchev–Trinajstić information content (AvgIpc) is 2.48. The van der Waals surface area contributed by atoms with Crippen LogP contribution in [0.4, 0.5) is 0 Å². The first kappa shape index (κ1) is 14.7. The average molecular weight is 277 g/mol. The maximum Gasteiger partial charge on any atom is 0.161 e. The molecule has 1 heterocycles. The van der Waals surface area contributed by atoms with E-state index in [0.29, 0.717) is 6.61 Å². The van der Waals surface area contributed by atoms with Gasteiger partial charge >= 0.3 is 0 Å². The fourth-order valence-electron chi connectivity index (χ4n) is 2.10. The molecule has 0 aliphatic carbocycles. The van der Waals surface area contributed by atoms with E-state index < -0.39 is 0 Å². The van der Waals surface area contributed by atoms with Gasteiger partial charge in [0.2, 0.25) is 0 Å². The second kappa shape index (κ2) is 7.14. The Morgan fingerprint density at radius 1 is 1.20 bits per heavy atom. The molecule has 1 fully saturated rings. The van der Waals surface area contributed by atoms with Crippen molar-refractivity contribution in [1.29, 1.82) is 0 Å². The Morgan fingerprint density at radius 3 is 2.60 bits per heavy atom. The van der Waals surface area contributed by atoms with Gasteiger partial charge in [0.25, 0.3) is 0 Å². The molecule has 20 heavy (non-hydrogen) atoms. The highest BCUT2D eigenvalue weighted by Gasteiger charge is 2.11. The number of hydrogen-bond donors (Lipinski definition) is 0. The molecule has 1 aromatic rings. The summed E-state index contributed by atoms with van der Waals surface area (Å²) in [7, 11) is 3.79. The minimum atomic E-state index is 0.630. The van der Waals surface area contributed by atoms with Gasteiger partial charge in [0, 0.05) is 26.2 Å². The molecule has 0 unspecified atom stereocenters. The zero-order valence-corrected chi connectivity index (χ0v) is 12.5. The summed E-state index contributed by atoms with van der Waals surface area (Å²) < 4.78 is 10.8. The SMILES string of the molecule is CCOc1ccc(C=NN2CCN(C)CC2)cc1OC. The predicted molar refractivity (Wildman–Crippen MR) is 80.8 cm³/mol. The Labute approximate surface area is 120 Å². The van der Waals surface area contributed by atoms with Crippen molar-refractivity contribution in [2.24, 2.45) is 5.10 Å². The van der Waals surface area contributed by atoms with E-state index >= 15 is 0 Å². The van der Waals surface area contributed by atoms with Crippen molar-refractivity contribution in [2.45, 2.75) is 6.92 Å². The summed E-state index contributed by atoms with van der Waals surface area (Å²) in [5, 5.41) is 6.62. The first-order chi connectivity index (χ1) is 9.72. The third kappa shape index (κ3) is 3.87. The van der Waals surface area contributed by atoms with Crippen LogP contribution in [-0.4, -0.2) is 63.1 Å². The van der Waals surface area contributed by atoms with Crippen LogP contribution in [0.5, 0.6) is 11.5 Å². The van der Waals surface area contributed by atoms with Crippen LogP contribution in [0.15, 0.2) is 23.3 Å². The summed E-state index contributed by atoms with van der Waals surface area (Å²) in [5.74, 6) is 1.51. The van der Waals surface area contributed by atoms with E-state index in [1.54, 1.807) is 7.11 Å². The number of ether oxygens (including phenoxy) is 2. The van der Waals surface area contributed by atoms with Gasteiger partial charge in [-0.25, -0.2) is 0 Å². The van der Waals surface area contributed by atoms with Crippen LogP contribution in [0.1, 0.15) is 12.5 Å². The van der Waals surface area contributed by atoms with E-state index in [0.717, 1.165) is 43.2 Å². The van der Waals surface area contributed by atoms with Gasteiger partial charge in [0.05, 0.1) is 19.9 Å². The van der Waals surface area contributed by atoms with Crippen molar-refractivity contribution in [1.82, 2.24) is 9.91 Å². The van der Waals surface area contributed by atoms with Crippen LogP contribution >= 0.6 is 0 Å². The van der Waals surface area contributed by atoms with E-state index in [1.165, 1.54) is 0 Å².